The van der Waals surface area contributed by atoms with Crippen LogP contribution in [-0.2, 0) is 6.54 Å². The first-order valence-corrected chi connectivity index (χ1v) is 7.50. The Kier molecular flexibility index (Phi) is 4.37. The van der Waals surface area contributed by atoms with Crippen LogP contribution in [0, 0.1) is 11.8 Å². The summed E-state index contributed by atoms with van der Waals surface area (Å²) in [4.78, 5) is 2.56. The summed E-state index contributed by atoms with van der Waals surface area (Å²) in [5.41, 5.74) is 2.32. The Labute approximate surface area is 121 Å². The highest BCUT2D eigenvalue weighted by atomic mass is 16.2. The number of nitrogens with one attached hydrogen (secondary N) is 1. The second kappa shape index (κ2) is 6.41. The number of fused-ring (bicyclic) bond motifs is 2. The molecule has 2 N–H and O–H groups in total. The summed E-state index contributed by atoms with van der Waals surface area (Å²) >= 11 is 0. The molecule has 106 valence electrons. The van der Waals surface area contributed by atoms with Crippen LogP contribution in [0.1, 0.15) is 30.4 Å². The van der Waals surface area contributed by atoms with Crippen molar-refractivity contribution in [2.45, 2.75) is 37.9 Å². The van der Waals surface area contributed by atoms with Crippen LogP contribution in [0.25, 0.3) is 0 Å². The molecule has 2 fully saturated rings. The van der Waals surface area contributed by atoms with E-state index in [2.05, 4.69) is 34.2 Å². The van der Waals surface area contributed by atoms with Gasteiger partial charge in [0.25, 0.3) is 0 Å². The second-order valence-corrected chi connectivity index (χ2v) is 5.82. The zero-order valence-corrected chi connectivity index (χ0v) is 11.8. The van der Waals surface area contributed by atoms with E-state index in [4.69, 9.17) is 5.11 Å². The number of aliphatic hydroxyl groups is 1. The van der Waals surface area contributed by atoms with Crippen molar-refractivity contribution in [3.63, 3.8) is 0 Å². The lowest BCUT2D eigenvalue weighted by Crippen LogP contribution is -2.34. The van der Waals surface area contributed by atoms with Gasteiger partial charge in [-0.1, -0.05) is 24.0 Å². The van der Waals surface area contributed by atoms with Crippen LogP contribution in [0.2, 0.25) is 0 Å². The Hall–Kier alpha value is -1.34. The minimum absolute atomic E-state index is 0.0783. The van der Waals surface area contributed by atoms with E-state index in [1.165, 1.54) is 37.9 Å². The van der Waals surface area contributed by atoms with Crippen LogP contribution in [0.4, 0.5) is 0 Å². The molecule has 0 spiro atoms. The molecule has 1 aromatic rings. The predicted molar refractivity (Wildman–Crippen MR) is 80.2 cm³/mol. The van der Waals surface area contributed by atoms with Crippen LogP contribution >= 0.6 is 0 Å². The average Bonchev–Trinajstić information content (AvgIpc) is 2.81. The minimum atomic E-state index is -0.0783. The third-order valence-corrected chi connectivity index (χ3v) is 4.28. The van der Waals surface area contributed by atoms with Crippen molar-refractivity contribution in [1.82, 2.24) is 10.2 Å². The summed E-state index contributed by atoms with van der Waals surface area (Å²) in [5.74, 6) is 5.61. The van der Waals surface area contributed by atoms with Crippen LogP contribution in [-0.4, -0.2) is 41.8 Å². The van der Waals surface area contributed by atoms with E-state index in [1.54, 1.807) is 0 Å². The zero-order valence-electron chi connectivity index (χ0n) is 11.8. The smallest absolute Gasteiger partial charge is 0.104 e. The highest BCUT2D eigenvalue weighted by Gasteiger charge is 2.28. The van der Waals surface area contributed by atoms with E-state index in [1.807, 2.05) is 12.1 Å². The number of hydrogen-bond acceptors (Lipinski definition) is 3. The van der Waals surface area contributed by atoms with Crippen molar-refractivity contribution in [2.24, 2.45) is 0 Å². The fourth-order valence-electron chi connectivity index (χ4n) is 3.25. The monoisotopic (exact) mass is 270 g/mol. The van der Waals surface area contributed by atoms with Gasteiger partial charge >= 0.3 is 0 Å². The normalized spacial score (nSPS) is 25.9. The molecule has 0 aliphatic carbocycles. The summed E-state index contributed by atoms with van der Waals surface area (Å²) in [6.45, 7) is 3.31. The van der Waals surface area contributed by atoms with Crippen molar-refractivity contribution in [3.8, 4) is 11.8 Å². The van der Waals surface area contributed by atoms with E-state index in [0.29, 0.717) is 6.04 Å². The van der Waals surface area contributed by atoms with Gasteiger partial charge in [-0.3, -0.25) is 4.90 Å². The maximum absolute atomic E-state index is 8.69. The molecule has 2 saturated heterocycles. The van der Waals surface area contributed by atoms with Crippen LogP contribution in [0.15, 0.2) is 24.3 Å². The third kappa shape index (κ3) is 3.40. The lowest BCUT2D eigenvalue weighted by molar-refractivity contribution is 0.251. The number of aliphatic hydroxyl groups excluding tert-OH is 1. The number of rotatable bonds is 2. The van der Waals surface area contributed by atoms with Crippen molar-refractivity contribution in [1.29, 1.82) is 0 Å². The number of nitrogens with zero attached hydrogens (tertiary/aromatic N) is 1. The van der Waals surface area contributed by atoms with Gasteiger partial charge in [-0.2, -0.15) is 0 Å². The lowest BCUT2D eigenvalue weighted by Gasteiger charge is -2.24. The van der Waals surface area contributed by atoms with E-state index in [-0.39, 0.29) is 6.61 Å². The Morgan fingerprint density at radius 3 is 2.75 bits per heavy atom. The van der Waals surface area contributed by atoms with E-state index in [0.717, 1.165) is 18.2 Å². The van der Waals surface area contributed by atoms with E-state index >= 15 is 0 Å². The number of hydrogen-bond donors (Lipinski definition) is 2. The molecule has 3 nitrogen and oxygen atoms in total. The fourth-order valence-corrected chi connectivity index (χ4v) is 3.25. The van der Waals surface area contributed by atoms with E-state index in [9.17, 15) is 0 Å². The van der Waals surface area contributed by atoms with Gasteiger partial charge < -0.3 is 10.4 Å². The minimum Gasteiger partial charge on any atom is -0.384 e. The predicted octanol–water partition coefficient (Wildman–Crippen LogP) is 1.36. The summed E-state index contributed by atoms with van der Waals surface area (Å²) in [6, 6.07) is 9.83. The van der Waals surface area contributed by atoms with Gasteiger partial charge in [0, 0.05) is 37.3 Å². The molecule has 0 aromatic heterocycles. The van der Waals surface area contributed by atoms with Gasteiger partial charge in [-0.15, -0.1) is 0 Å². The molecule has 3 heteroatoms. The van der Waals surface area contributed by atoms with Crippen LogP contribution in [0.3, 0.4) is 0 Å². The van der Waals surface area contributed by atoms with Crippen LogP contribution < -0.4 is 5.32 Å². The number of likely N-dealkylation sites (tertiary alicyclic amines) is 1. The SMILES string of the molecule is OCC#Cc1ccc(CN2CC[C@H]3CC[C@@H](C2)N3)cc1. The maximum atomic E-state index is 8.69. The molecule has 0 unspecified atom stereocenters. The summed E-state index contributed by atoms with van der Waals surface area (Å²) in [5, 5.41) is 12.4. The topological polar surface area (TPSA) is 35.5 Å². The summed E-state index contributed by atoms with van der Waals surface area (Å²) in [6.07, 6.45) is 3.96. The zero-order chi connectivity index (χ0) is 13.8. The molecule has 2 aliphatic heterocycles. The van der Waals surface area contributed by atoms with Gasteiger partial charge in [0.2, 0.25) is 0 Å². The average molecular weight is 270 g/mol. The Bertz CT molecular complexity index is 500. The highest BCUT2D eigenvalue weighted by Crippen LogP contribution is 2.21. The Morgan fingerprint density at radius 2 is 1.95 bits per heavy atom. The van der Waals surface area contributed by atoms with Crippen molar-refractivity contribution >= 4 is 0 Å². The summed E-state index contributed by atoms with van der Waals surface area (Å²) < 4.78 is 0. The third-order valence-electron chi connectivity index (χ3n) is 4.28. The molecule has 0 amide bonds. The van der Waals surface area contributed by atoms with Gasteiger partial charge in [0.05, 0.1) is 0 Å². The van der Waals surface area contributed by atoms with Crippen molar-refractivity contribution in [2.75, 3.05) is 19.7 Å². The van der Waals surface area contributed by atoms with Gasteiger partial charge in [0.1, 0.15) is 6.61 Å². The molecular weight excluding hydrogens is 248 g/mol. The molecule has 2 heterocycles. The summed E-state index contributed by atoms with van der Waals surface area (Å²) in [7, 11) is 0. The molecule has 2 atom stereocenters. The molecule has 3 rings (SSSR count). The molecule has 0 radical (unpaired) electrons. The Balaban J connectivity index is 1.60. The van der Waals surface area contributed by atoms with Gasteiger partial charge in [0.15, 0.2) is 0 Å². The second-order valence-electron chi connectivity index (χ2n) is 5.82. The molecule has 1 aromatic carbocycles. The first-order valence-electron chi connectivity index (χ1n) is 7.50. The van der Waals surface area contributed by atoms with Gasteiger partial charge in [-0.25, -0.2) is 0 Å². The first kappa shape index (κ1) is 13.6. The number of benzene rings is 1. The standard InChI is InChI=1S/C17H22N2O/c20-11-1-2-14-3-5-15(6-4-14)12-19-10-9-16-7-8-17(13-19)18-16/h3-6,16-18,20H,7-13H2/t16-,17+/m1/s1. The molecule has 2 bridgehead atoms. The molecule has 20 heavy (non-hydrogen) atoms. The van der Waals surface area contributed by atoms with Crippen molar-refractivity contribution < 1.29 is 5.11 Å². The van der Waals surface area contributed by atoms with Crippen molar-refractivity contribution in [3.05, 3.63) is 35.4 Å². The van der Waals surface area contributed by atoms with E-state index < -0.39 is 0 Å². The fraction of sp³-hybridized carbons (Fsp3) is 0.529. The van der Waals surface area contributed by atoms with Crippen LogP contribution in [0.5, 0.6) is 0 Å². The maximum Gasteiger partial charge on any atom is 0.104 e. The Morgan fingerprint density at radius 1 is 1.15 bits per heavy atom. The molecule has 2 aliphatic rings. The molecular formula is C17H22N2O. The highest BCUT2D eigenvalue weighted by molar-refractivity contribution is 5.36. The lowest BCUT2D eigenvalue weighted by atomic mass is 10.1. The largest absolute Gasteiger partial charge is 0.384 e. The quantitative estimate of drug-likeness (QED) is 0.797. The molecule has 0 saturated carbocycles. The van der Waals surface area contributed by atoms with Gasteiger partial charge in [-0.05, 0) is 37.0 Å². The first-order chi connectivity index (χ1) is 9.83.